The molecule has 0 unspecified atom stereocenters. The zero-order valence-corrected chi connectivity index (χ0v) is 18.0. The van der Waals surface area contributed by atoms with Crippen LogP contribution in [0.15, 0.2) is 6.33 Å². The Bertz CT molecular complexity index is 898. The number of nitrogens with two attached hydrogens (primary N) is 2. The van der Waals surface area contributed by atoms with E-state index in [1.54, 1.807) is 6.92 Å². The summed E-state index contributed by atoms with van der Waals surface area (Å²) in [6, 6.07) is 0. The van der Waals surface area contributed by atoms with Crippen LogP contribution in [0.3, 0.4) is 0 Å². The van der Waals surface area contributed by atoms with E-state index in [1.807, 2.05) is 0 Å². The van der Waals surface area contributed by atoms with Crippen LogP contribution in [0.5, 0.6) is 0 Å². The van der Waals surface area contributed by atoms with E-state index in [-0.39, 0.29) is 5.82 Å². The van der Waals surface area contributed by atoms with Crippen LogP contribution in [0.25, 0.3) is 11.2 Å². The van der Waals surface area contributed by atoms with E-state index < -0.39 is 36.4 Å². The van der Waals surface area contributed by atoms with E-state index in [1.165, 1.54) is 22.7 Å². The molecule has 12 nitrogen and oxygen atoms in total. The lowest BCUT2D eigenvalue weighted by Gasteiger charge is -2.17. The van der Waals surface area contributed by atoms with E-state index >= 15 is 0 Å². The van der Waals surface area contributed by atoms with Crippen molar-refractivity contribution in [1.29, 1.82) is 0 Å². The van der Waals surface area contributed by atoms with Crippen LogP contribution in [0.1, 0.15) is 26.0 Å². The van der Waals surface area contributed by atoms with Gasteiger partial charge in [0, 0.05) is 12.3 Å². The predicted octanol–water partition coefficient (Wildman–Crippen LogP) is -0.368. The van der Waals surface area contributed by atoms with Crippen molar-refractivity contribution in [3.05, 3.63) is 6.33 Å². The molecular formula is C18H29N7O5S. The van der Waals surface area contributed by atoms with E-state index in [9.17, 15) is 15.0 Å². The smallest absolute Gasteiger partial charge is 0.306 e. The van der Waals surface area contributed by atoms with Crippen molar-refractivity contribution in [2.45, 2.75) is 44.3 Å². The highest BCUT2D eigenvalue weighted by Crippen LogP contribution is 2.34. The van der Waals surface area contributed by atoms with Crippen LogP contribution in [-0.2, 0) is 9.53 Å². The molecule has 13 heteroatoms. The number of fused-ring (bicyclic) bond motifs is 1. The van der Waals surface area contributed by atoms with Gasteiger partial charge in [-0.15, -0.1) is 0 Å². The number of thioether (sulfide) groups is 1. The van der Waals surface area contributed by atoms with Gasteiger partial charge in [-0.3, -0.25) is 9.36 Å². The Hall–Kier alpha value is -2.19. The first-order valence-electron chi connectivity index (χ1n) is 10.1. The van der Waals surface area contributed by atoms with E-state index in [2.05, 4.69) is 20.3 Å². The van der Waals surface area contributed by atoms with Crippen LogP contribution in [-0.4, -0.2) is 83.7 Å². The maximum Gasteiger partial charge on any atom is 0.306 e. The van der Waals surface area contributed by atoms with Crippen molar-refractivity contribution in [3.63, 3.8) is 0 Å². The van der Waals surface area contributed by atoms with Crippen LogP contribution in [0.4, 0.5) is 11.8 Å². The van der Waals surface area contributed by atoms with Gasteiger partial charge < -0.3 is 36.8 Å². The molecule has 3 heterocycles. The molecule has 0 amide bonds. The van der Waals surface area contributed by atoms with E-state index in [0.29, 0.717) is 48.1 Å². The van der Waals surface area contributed by atoms with Crippen LogP contribution >= 0.6 is 11.8 Å². The molecule has 5 atom stereocenters. The molecule has 1 aliphatic rings. The quantitative estimate of drug-likeness (QED) is 0.241. The Morgan fingerprint density at radius 3 is 2.87 bits per heavy atom. The van der Waals surface area contributed by atoms with Gasteiger partial charge in [-0.1, -0.05) is 6.92 Å². The molecule has 0 radical (unpaired) electrons. The Morgan fingerprint density at radius 1 is 1.39 bits per heavy atom. The summed E-state index contributed by atoms with van der Waals surface area (Å²) >= 11 is 1.47. The molecule has 1 fully saturated rings. The molecule has 3 rings (SSSR count). The molecule has 31 heavy (non-hydrogen) atoms. The molecule has 2 aromatic rings. The summed E-state index contributed by atoms with van der Waals surface area (Å²) in [5.74, 6) is 0.251. The van der Waals surface area contributed by atoms with Crippen LogP contribution in [0, 0.1) is 5.92 Å². The Balaban J connectivity index is 1.69. The lowest BCUT2D eigenvalue weighted by Crippen LogP contribution is -2.32. The zero-order valence-electron chi connectivity index (χ0n) is 17.2. The number of nitrogens with one attached hydrogen (secondary N) is 1. The number of aliphatic hydroxyl groups excluding tert-OH is 2. The number of nitrogens with zero attached hydrogens (tertiary/aromatic N) is 4. The number of hydrogen-bond donors (Lipinski definition) is 6. The van der Waals surface area contributed by atoms with E-state index in [4.69, 9.17) is 21.3 Å². The van der Waals surface area contributed by atoms with Crippen molar-refractivity contribution >= 4 is 40.7 Å². The molecule has 172 valence electrons. The topological polar surface area (TPSA) is 195 Å². The number of aromatic nitrogens is 4. The van der Waals surface area contributed by atoms with Gasteiger partial charge in [0.1, 0.15) is 17.7 Å². The minimum Gasteiger partial charge on any atom is -0.481 e. The third kappa shape index (κ3) is 5.36. The highest BCUT2D eigenvalue weighted by molar-refractivity contribution is 7.99. The van der Waals surface area contributed by atoms with Gasteiger partial charge >= 0.3 is 5.97 Å². The number of anilines is 2. The van der Waals surface area contributed by atoms with Gasteiger partial charge in [0.15, 0.2) is 17.7 Å². The van der Waals surface area contributed by atoms with Gasteiger partial charge in [-0.25, -0.2) is 4.98 Å². The van der Waals surface area contributed by atoms with Crippen molar-refractivity contribution in [1.82, 2.24) is 19.5 Å². The van der Waals surface area contributed by atoms with Gasteiger partial charge in [-0.05, 0) is 25.1 Å². The Kier molecular flexibility index (Phi) is 7.89. The zero-order chi connectivity index (χ0) is 22.5. The first kappa shape index (κ1) is 23.5. The van der Waals surface area contributed by atoms with Crippen molar-refractivity contribution < 1.29 is 24.9 Å². The fraction of sp³-hybridized carbons (Fsp3) is 0.667. The van der Waals surface area contributed by atoms with Crippen molar-refractivity contribution in [3.8, 4) is 0 Å². The average Bonchev–Trinajstić information content (AvgIpc) is 3.27. The highest BCUT2D eigenvalue weighted by Gasteiger charge is 2.44. The second kappa shape index (κ2) is 10.4. The van der Waals surface area contributed by atoms with Gasteiger partial charge in [-0.2, -0.15) is 21.7 Å². The number of aliphatic carboxylic acids is 1. The second-order valence-corrected chi connectivity index (χ2v) is 8.62. The second-order valence-electron chi connectivity index (χ2n) is 7.47. The summed E-state index contributed by atoms with van der Waals surface area (Å²) in [5.41, 5.74) is 12.2. The fourth-order valence-electron chi connectivity index (χ4n) is 3.19. The third-order valence-electron chi connectivity index (χ3n) is 5.12. The monoisotopic (exact) mass is 455 g/mol. The van der Waals surface area contributed by atoms with Gasteiger partial charge in [0.25, 0.3) is 0 Å². The highest BCUT2D eigenvalue weighted by atomic mass is 32.2. The van der Waals surface area contributed by atoms with Crippen molar-refractivity contribution in [2.75, 3.05) is 35.6 Å². The molecule has 2 aromatic heterocycles. The number of carboxylic acids is 1. The number of hydrogen-bond acceptors (Lipinski definition) is 11. The summed E-state index contributed by atoms with van der Waals surface area (Å²) in [7, 11) is 0. The predicted molar refractivity (Wildman–Crippen MR) is 117 cm³/mol. The molecule has 1 aliphatic heterocycles. The normalized spacial score (nSPS) is 24.5. The summed E-state index contributed by atoms with van der Waals surface area (Å²) in [6.07, 6.45) is -1.11. The first-order valence-corrected chi connectivity index (χ1v) is 11.2. The summed E-state index contributed by atoms with van der Waals surface area (Å²) in [6.45, 7) is 2.76. The first-order chi connectivity index (χ1) is 14.8. The van der Waals surface area contributed by atoms with E-state index in [0.717, 1.165) is 6.42 Å². The molecule has 0 aromatic carbocycles. The Morgan fingerprint density at radius 2 is 2.16 bits per heavy atom. The number of imidazole rings is 1. The minimum absolute atomic E-state index is 0.187. The largest absolute Gasteiger partial charge is 0.481 e. The summed E-state index contributed by atoms with van der Waals surface area (Å²) < 4.78 is 7.45. The minimum atomic E-state index is -1.19. The number of ether oxygens (including phenoxy) is 1. The molecule has 1 saturated heterocycles. The number of rotatable bonds is 11. The fourth-order valence-corrected chi connectivity index (χ4v) is 4.38. The lowest BCUT2D eigenvalue weighted by molar-refractivity contribution is -0.141. The molecular weight excluding hydrogens is 426 g/mol. The molecule has 0 bridgehead atoms. The lowest BCUT2D eigenvalue weighted by atomic mass is 10.1. The molecule has 0 saturated carbocycles. The Labute approximate surface area is 183 Å². The number of carboxylic acid groups (broad SMARTS) is 1. The van der Waals surface area contributed by atoms with Crippen molar-refractivity contribution in [2.24, 2.45) is 11.7 Å². The number of aliphatic hydroxyl groups is 2. The average molecular weight is 456 g/mol. The summed E-state index contributed by atoms with van der Waals surface area (Å²) in [4.78, 5) is 23.7. The molecule has 0 spiro atoms. The van der Waals surface area contributed by atoms with Gasteiger partial charge in [0.2, 0.25) is 5.95 Å². The van der Waals surface area contributed by atoms with Crippen LogP contribution in [0.2, 0.25) is 0 Å². The van der Waals surface area contributed by atoms with Gasteiger partial charge in [0.05, 0.1) is 18.3 Å². The standard InChI is InChI=1S/C18H29N7O5S/c1-9(17(28)29)3-6-31-7-10-12(26)13(27)16(30-10)25-8-22-11-14(20)23-18(24-15(11)25)21-5-2-4-19/h8-10,12-13,16,26-27H,2-7,19H2,1H3,(H,28,29)(H3,20,21,23,24)/t9-,10+,12+,13+,16+/m0/s1. The maximum absolute atomic E-state index is 10.9. The number of carbonyl (C=O) groups is 1. The third-order valence-corrected chi connectivity index (χ3v) is 6.21. The molecule has 8 N–H and O–H groups in total. The van der Waals surface area contributed by atoms with Crippen LogP contribution < -0.4 is 16.8 Å². The summed E-state index contributed by atoms with van der Waals surface area (Å²) in [5, 5.41) is 33.0. The number of nitrogen functional groups attached to an aromatic ring is 1. The maximum atomic E-state index is 10.9. The SMILES string of the molecule is C[C@@H](CCSC[C@H]1O[C@@H](n2cnc3c(N)nc(NCCCN)nc32)[C@H](O)[C@@H]1O)C(=O)O. The molecule has 0 aliphatic carbocycles.